The molecule has 1 aliphatic rings. The summed E-state index contributed by atoms with van der Waals surface area (Å²) in [7, 11) is 0. The molecule has 0 saturated carbocycles. The molecule has 1 fully saturated rings. The third kappa shape index (κ3) is 5.05. The molecule has 1 saturated heterocycles. The molecule has 0 aliphatic carbocycles. The van der Waals surface area contributed by atoms with Gasteiger partial charge in [-0.15, -0.1) is 0 Å². The number of carbonyl (C=O) groups excluding carboxylic acids is 1. The monoisotopic (exact) mass is 383 g/mol. The molecule has 2 aromatic carbocycles. The lowest BCUT2D eigenvalue weighted by Gasteiger charge is -2.33. The van der Waals surface area contributed by atoms with Gasteiger partial charge in [-0.1, -0.05) is 30.3 Å². The van der Waals surface area contributed by atoms with Crippen molar-refractivity contribution in [1.82, 2.24) is 4.90 Å². The van der Waals surface area contributed by atoms with Gasteiger partial charge in [-0.3, -0.25) is 9.69 Å². The molecule has 2 aromatic rings. The van der Waals surface area contributed by atoms with E-state index >= 15 is 0 Å². The first kappa shape index (κ1) is 19.8. The number of benzene rings is 2. The van der Waals surface area contributed by atoms with Crippen LogP contribution >= 0.6 is 11.8 Å². The predicted molar refractivity (Wildman–Crippen MR) is 117 cm³/mol. The van der Waals surface area contributed by atoms with E-state index in [4.69, 9.17) is 0 Å². The maximum atomic E-state index is 13.2. The summed E-state index contributed by atoms with van der Waals surface area (Å²) in [4.78, 5) is 17.8. The zero-order chi connectivity index (χ0) is 19.1. The molecule has 0 aromatic heterocycles. The number of hydrogen-bond acceptors (Lipinski definition) is 4. The third-order valence-electron chi connectivity index (χ3n) is 5.04. The van der Waals surface area contributed by atoms with Gasteiger partial charge in [0.1, 0.15) is 6.04 Å². The van der Waals surface area contributed by atoms with Crippen LogP contribution < -0.4 is 10.2 Å². The van der Waals surface area contributed by atoms with E-state index in [9.17, 15) is 4.79 Å². The Morgan fingerprint density at radius 3 is 2.26 bits per heavy atom. The van der Waals surface area contributed by atoms with Crippen LogP contribution in [-0.2, 0) is 4.79 Å². The van der Waals surface area contributed by atoms with Crippen molar-refractivity contribution >= 4 is 29.0 Å². The van der Waals surface area contributed by atoms with Crippen LogP contribution in [0.2, 0.25) is 0 Å². The maximum Gasteiger partial charge on any atom is 0.246 e. The number of nitrogens with one attached hydrogen (secondary N) is 1. The fourth-order valence-corrected chi connectivity index (χ4v) is 4.49. The number of carbonyl (C=O) groups is 1. The van der Waals surface area contributed by atoms with Crippen molar-refractivity contribution in [1.29, 1.82) is 0 Å². The molecule has 1 amide bonds. The molecule has 1 atom stereocenters. The Balaban J connectivity index is 1.76. The molecule has 0 bridgehead atoms. The molecule has 5 heteroatoms. The standard InChI is InChI=1S/C22H29N3OS/c1-3-24(4-2)20-12-10-19(11-13-20)23-22(26)21(18-8-6-5-7-9-18)25-14-16-27-17-15-25/h5-13,21H,3-4,14-17H2,1-2H3,(H,23,26). The van der Waals surface area contributed by atoms with Crippen LogP contribution in [-0.4, -0.2) is 48.5 Å². The lowest BCUT2D eigenvalue weighted by atomic mass is 10.0. The summed E-state index contributed by atoms with van der Waals surface area (Å²) in [6.07, 6.45) is 0. The predicted octanol–water partition coefficient (Wildman–Crippen LogP) is 4.26. The van der Waals surface area contributed by atoms with Crippen LogP contribution in [0.25, 0.3) is 0 Å². The van der Waals surface area contributed by atoms with Crippen molar-refractivity contribution in [3.05, 3.63) is 60.2 Å². The number of rotatable bonds is 7. The highest BCUT2D eigenvalue weighted by Crippen LogP contribution is 2.26. The number of amides is 1. The van der Waals surface area contributed by atoms with Crippen LogP contribution in [0.5, 0.6) is 0 Å². The van der Waals surface area contributed by atoms with Gasteiger partial charge in [0.05, 0.1) is 0 Å². The molecular formula is C22H29N3OS. The van der Waals surface area contributed by atoms with E-state index in [2.05, 4.69) is 53.2 Å². The smallest absolute Gasteiger partial charge is 0.246 e. The van der Waals surface area contributed by atoms with Crippen molar-refractivity contribution in [2.24, 2.45) is 0 Å². The molecule has 0 radical (unpaired) electrons. The Morgan fingerprint density at radius 2 is 1.67 bits per heavy atom. The molecule has 144 valence electrons. The second-order valence-corrected chi connectivity index (χ2v) is 7.89. The molecule has 1 N–H and O–H groups in total. The first-order chi connectivity index (χ1) is 13.2. The maximum absolute atomic E-state index is 13.2. The first-order valence-corrected chi connectivity index (χ1v) is 10.9. The lowest BCUT2D eigenvalue weighted by molar-refractivity contribution is -0.121. The van der Waals surface area contributed by atoms with E-state index in [1.807, 2.05) is 42.1 Å². The second kappa shape index (κ2) is 9.81. The Morgan fingerprint density at radius 1 is 1.04 bits per heavy atom. The van der Waals surface area contributed by atoms with Gasteiger partial charge in [-0.25, -0.2) is 0 Å². The van der Waals surface area contributed by atoms with E-state index in [1.54, 1.807) is 0 Å². The van der Waals surface area contributed by atoms with Gasteiger partial charge in [-0.05, 0) is 43.7 Å². The lowest BCUT2D eigenvalue weighted by Crippen LogP contribution is -2.41. The Hall–Kier alpha value is -1.98. The first-order valence-electron chi connectivity index (χ1n) is 9.75. The van der Waals surface area contributed by atoms with E-state index in [0.29, 0.717) is 0 Å². The number of anilines is 2. The zero-order valence-electron chi connectivity index (χ0n) is 16.2. The average Bonchev–Trinajstić information content (AvgIpc) is 2.72. The van der Waals surface area contributed by atoms with Crippen LogP contribution in [0.1, 0.15) is 25.5 Å². The van der Waals surface area contributed by atoms with Gasteiger partial charge in [-0.2, -0.15) is 11.8 Å². The van der Waals surface area contributed by atoms with Crippen molar-refractivity contribution in [2.45, 2.75) is 19.9 Å². The second-order valence-electron chi connectivity index (χ2n) is 6.67. The molecule has 27 heavy (non-hydrogen) atoms. The fraction of sp³-hybridized carbons (Fsp3) is 0.409. The molecule has 0 spiro atoms. The van der Waals surface area contributed by atoms with Gasteiger partial charge in [0, 0.05) is 49.1 Å². The third-order valence-corrected chi connectivity index (χ3v) is 5.98. The van der Waals surface area contributed by atoms with Crippen molar-refractivity contribution in [3.63, 3.8) is 0 Å². The van der Waals surface area contributed by atoms with Crippen LogP contribution in [0.4, 0.5) is 11.4 Å². The van der Waals surface area contributed by atoms with Gasteiger partial charge < -0.3 is 10.2 Å². The van der Waals surface area contributed by atoms with Gasteiger partial charge >= 0.3 is 0 Å². The minimum atomic E-state index is -0.241. The van der Waals surface area contributed by atoms with Gasteiger partial charge in [0.25, 0.3) is 0 Å². The Labute approximate surface area is 166 Å². The summed E-state index contributed by atoms with van der Waals surface area (Å²) in [5.41, 5.74) is 3.09. The molecular weight excluding hydrogens is 354 g/mol. The van der Waals surface area contributed by atoms with E-state index in [0.717, 1.165) is 48.9 Å². The number of thioether (sulfide) groups is 1. The summed E-state index contributed by atoms with van der Waals surface area (Å²) < 4.78 is 0. The number of nitrogens with zero attached hydrogens (tertiary/aromatic N) is 2. The summed E-state index contributed by atoms with van der Waals surface area (Å²) in [6.45, 7) is 8.15. The molecule has 3 rings (SSSR count). The fourth-order valence-electron chi connectivity index (χ4n) is 3.55. The quantitative estimate of drug-likeness (QED) is 0.775. The highest BCUT2D eigenvalue weighted by molar-refractivity contribution is 7.99. The molecule has 4 nitrogen and oxygen atoms in total. The largest absolute Gasteiger partial charge is 0.372 e. The SMILES string of the molecule is CCN(CC)c1ccc(NC(=O)C(c2ccccc2)N2CCSCC2)cc1. The van der Waals surface area contributed by atoms with Crippen molar-refractivity contribution in [3.8, 4) is 0 Å². The minimum Gasteiger partial charge on any atom is -0.372 e. The Bertz CT molecular complexity index is 710. The summed E-state index contributed by atoms with van der Waals surface area (Å²) in [6, 6.07) is 18.0. The highest BCUT2D eigenvalue weighted by Gasteiger charge is 2.28. The van der Waals surface area contributed by atoms with E-state index in [-0.39, 0.29) is 11.9 Å². The van der Waals surface area contributed by atoms with Crippen LogP contribution in [0.3, 0.4) is 0 Å². The molecule has 1 heterocycles. The highest BCUT2D eigenvalue weighted by atomic mass is 32.2. The van der Waals surface area contributed by atoms with Gasteiger partial charge in [0.2, 0.25) is 5.91 Å². The minimum absolute atomic E-state index is 0.0451. The van der Waals surface area contributed by atoms with Crippen LogP contribution in [0, 0.1) is 0 Å². The van der Waals surface area contributed by atoms with Crippen LogP contribution in [0.15, 0.2) is 54.6 Å². The molecule has 1 aliphatic heterocycles. The van der Waals surface area contributed by atoms with Crippen molar-refractivity contribution < 1.29 is 4.79 Å². The number of hydrogen-bond donors (Lipinski definition) is 1. The van der Waals surface area contributed by atoms with Crippen molar-refractivity contribution in [2.75, 3.05) is 47.9 Å². The zero-order valence-corrected chi connectivity index (χ0v) is 17.0. The normalized spacial score (nSPS) is 15.9. The Kier molecular flexibility index (Phi) is 7.18. The van der Waals surface area contributed by atoms with E-state index in [1.165, 1.54) is 5.69 Å². The van der Waals surface area contributed by atoms with E-state index < -0.39 is 0 Å². The summed E-state index contributed by atoms with van der Waals surface area (Å²) >= 11 is 1.96. The van der Waals surface area contributed by atoms with Gasteiger partial charge in [0.15, 0.2) is 0 Å². The topological polar surface area (TPSA) is 35.6 Å². The summed E-state index contributed by atoms with van der Waals surface area (Å²) in [5, 5.41) is 3.13. The average molecular weight is 384 g/mol. The summed E-state index contributed by atoms with van der Waals surface area (Å²) in [5.74, 6) is 2.20. The molecule has 1 unspecified atom stereocenters.